The van der Waals surface area contributed by atoms with Crippen molar-refractivity contribution in [3.63, 3.8) is 0 Å². The lowest BCUT2D eigenvalue weighted by atomic mass is 10.1. The molecule has 0 saturated carbocycles. The molecule has 3 nitrogen and oxygen atoms in total. The lowest BCUT2D eigenvalue weighted by Crippen LogP contribution is -2.30. The van der Waals surface area contributed by atoms with E-state index >= 15 is 0 Å². The molecule has 0 unspecified atom stereocenters. The van der Waals surface area contributed by atoms with Crippen LogP contribution in [0.3, 0.4) is 0 Å². The Balaban J connectivity index is 2.71. The van der Waals surface area contributed by atoms with Gasteiger partial charge in [-0.3, -0.25) is 4.79 Å². The fourth-order valence-electron chi connectivity index (χ4n) is 1.47. The second-order valence-electron chi connectivity index (χ2n) is 3.86. The van der Waals surface area contributed by atoms with E-state index in [2.05, 4.69) is 22.6 Å². The Hall–Kier alpha value is -0.620. The first-order chi connectivity index (χ1) is 8.07. The molecule has 1 aromatic carbocycles. The molecule has 0 aromatic heterocycles. The monoisotopic (exact) mass is 347 g/mol. The van der Waals surface area contributed by atoms with Crippen molar-refractivity contribution in [2.75, 3.05) is 26.8 Å². The van der Waals surface area contributed by atoms with Gasteiger partial charge in [0.1, 0.15) is 0 Å². The van der Waals surface area contributed by atoms with E-state index in [-0.39, 0.29) is 5.91 Å². The summed E-state index contributed by atoms with van der Waals surface area (Å²) in [7, 11) is 1.81. The number of nitrogens with zero attached hydrogens (tertiary/aromatic N) is 1. The number of ether oxygens (including phenoxy) is 1. The maximum atomic E-state index is 12.2. The molecule has 1 amide bonds. The van der Waals surface area contributed by atoms with E-state index in [9.17, 15) is 4.79 Å². The first-order valence-electron chi connectivity index (χ1n) is 5.66. The van der Waals surface area contributed by atoms with Crippen molar-refractivity contribution in [3.8, 4) is 0 Å². The van der Waals surface area contributed by atoms with Gasteiger partial charge < -0.3 is 9.64 Å². The van der Waals surface area contributed by atoms with Gasteiger partial charge in [0.2, 0.25) is 0 Å². The van der Waals surface area contributed by atoms with E-state index in [1.54, 1.807) is 11.9 Å². The Morgan fingerprint density at radius 2 is 2.18 bits per heavy atom. The molecule has 0 N–H and O–H groups in total. The number of carbonyl (C=O) groups excluding carboxylic acids is 1. The normalized spacial score (nSPS) is 10.4. The third-order valence-electron chi connectivity index (χ3n) is 2.54. The highest BCUT2D eigenvalue weighted by atomic mass is 127. The van der Waals surface area contributed by atoms with Crippen LogP contribution in [0.25, 0.3) is 0 Å². The number of hydrogen-bond acceptors (Lipinski definition) is 2. The van der Waals surface area contributed by atoms with Gasteiger partial charge in [-0.2, -0.15) is 0 Å². The molecule has 0 aliphatic heterocycles. The van der Waals surface area contributed by atoms with E-state index in [1.807, 2.05) is 32.0 Å². The van der Waals surface area contributed by atoms with Crippen LogP contribution in [0, 0.1) is 10.5 Å². The smallest absolute Gasteiger partial charge is 0.254 e. The highest BCUT2D eigenvalue weighted by Crippen LogP contribution is 2.17. The van der Waals surface area contributed by atoms with Crippen molar-refractivity contribution < 1.29 is 9.53 Å². The molecule has 4 heteroatoms. The van der Waals surface area contributed by atoms with Gasteiger partial charge in [-0.1, -0.05) is 12.1 Å². The van der Waals surface area contributed by atoms with E-state index in [1.165, 1.54) is 0 Å². The van der Waals surface area contributed by atoms with Gasteiger partial charge in [-0.05, 0) is 48.1 Å². The SMILES string of the molecule is CCOCCN(C)C(=O)c1cccc(C)c1I. The van der Waals surface area contributed by atoms with Crippen LogP contribution in [0.2, 0.25) is 0 Å². The summed E-state index contributed by atoms with van der Waals surface area (Å²) in [5.74, 6) is 0.0535. The quantitative estimate of drug-likeness (QED) is 0.606. The molecule has 0 atom stereocenters. The van der Waals surface area contributed by atoms with E-state index in [0.29, 0.717) is 19.8 Å². The van der Waals surface area contributed by atoms with Crippen LogP contribution in [0.15, 0.2) is 18.2 Å². The van der Waals surface area contributed by atoms with Gasteiger partial charge in [0.15, 0.2) is 0 Å². The second-order valence-corrected chi connectivity index (χ2v) is 4.94. The van der Waals surface area contributed by atoms with E-state index < -0.39 is 0 Å². The summed E-state index contributed by atoms with van der Waals surface area (Å²) in [6.45, 7) is 5.85. The Bertz CT molecular complexity index is 393. The molecular formula is C13H18INO2. The summed E-state index contributed by atoms with van der Waals surface area (Å²) in [6, 6.07) is 5.80. The largest absolute Gasteiger partial charge is 0.380 e. The standard InChI is InChI=1S/C13H18INO2/c1-4-17-9-8-15(3)13(16)11-7-5-6-10(2)12(11)14/h5-7H,4,8-9H2,1-3H3. The van der Waals surface area contributed by atoms with Gasteiger partial charge in [0.25, 0.3) is 5.91 Å². The first-order valence-corrected chi connectivity index (χ1v) is 6.74. The molecular weight excluding hydrogens is 329 g/mol. The Morgan fingerprint density at radius 1 is 1.47 bits per heavy atom. The average Bonchev–Trinajstić information content (AvgIpc) is 2.32. The molecule has 94 valence electrons. The predicted molar refractivity (Wildman–Crippen MR) is 77.3 cm³/mol. The summed E-state index contributed by atoms with van der Waals surface area (Å²) < 4.78 is 6.27. The van der Waals surface area contributed by atoms with Crippen molar-refractivity contribution in [2.24, 2.45) is 0 Å². The zero-order valence-electron chi connectivity index (χ0n) is 10.5. The number of aryl methyl sites for hydroxylation is 1. The number of halogens is 1. The van der Waals surface area contributed by atoms with Crippen LogP contribution >= 0.6 is 22.6 Å². The fourth-order valence-corrected chi connectivity index (χ4v) is 2.06. The summed E-state index contributed by atoms with van der Waals surface area (Å²) in [5, 5.41) is 0. The van der Waals surface area contributed by atoms with Gasteiger partial charge in [0.05, 0.1) is 12.2 Å². The van der Waals surface area contributed by atoms with Crippen LogP contribution in [0.4, 0.5) is 0 Å². The third kappa shape index (κ3) is 3.96. The Kier molecular flexibility index (Phi) is 5.91. The first kappa shape index (κ1) is 14.4. The van der Waals surface area contributed by atoms with E-state index in [0.717, 1.165) is 14.7 Å². The molecule has 0 aliphatic rings. The number of carbonyl (C=O) groups is 1. The van der Waals surface area contributed by atoms with Crippen LogP contribution in [0.1, 0.15) is 22.8 Å². The molecule has 0 saturated heterocycles. The minimum atomic E-state index is 0.0535. The molecule has 1 aromatic rings. The number of hydrogen-bond donors (Lipinski definition) is 0. The van der Waals surface area contributed by atoms with Gasteiger partial charge in [-0.15, -0.1) is 0 Å². The maximum Gasteiger partial charge on any atom is 0.254 e. The van der Waals surface area contributed by atoms with Gasteiger partial charge in [-0.25, -0.2) is 0 Å². The lowest BCUT2D eigenvalue weighted by Gasteiger charge is -2.18. The molecule has 17 heavy (non-hydrogen) atoms. The van der Waals surface area contributed by atoms with E-state index in [4.69, 9.17) is 4.74 Å². The van der Waals surface area contributed by atoms with Crippen LogP contribution in [-0.2, 0) is 4.74 Å². The van der Waals surface area contributed by atoms with Crippen molar-refractivity contribution in [1.29, 1.82) is 0 Å². The molecule has 0 aliphatic carbocycles. The zero-order chi connectivity index (χ0) is 12.8. The van der Waals surface area contributed by atoms with Crippen molar-refractivity contribution in [3.05, 3.63) is 32.9 Å². The number of likely N-dealkylation sites (N-methyl/N-ethyl adjacent to an activating group) is 1. The summed E-state index contributed by atoms with van der Waals surface area (Å²) in [4.78, 5) is 13.9. The highest BCUT2D eigenvalue weighted by molar-refractivity contribution is 14.1. The van der Waals surface area contributed by atoms with Crippen LogP contribution in [0.5, 0.6) is 0 Å². The third-order valence-corrected chi connectivity index (χ3v) is 3.98. The Morgan fingerprint density at radius 3 is 2.82 bits per heavy atom. The molecule has 0 bridgehead atoms. The Labute approximate surface area is 116 Å². The van der Waals surface area contributed by atoms with Crippen LogP contribution in [-0.4, -0.2) is 37.6 Å². The molecule has 0 radical (unpaired) electrons. The predicted octanol–water partition coefficient (Wildman–Crippen LogP) is 2.71. The second kappa shape index (κ2) is 6.96. The average molecular weight is 347 g/mol. The summed E-state index contributed by atoms with van der Waals surface area (Å²) in [5.41, 5.74) is 1.90. The molecule has 0 heterocycles. The number of amides is 1. The molecule has 0 spiro atoms. The summed E-state index contributed by atoms with van der Waals surface area (Å²) >= 11 is 2.22. The van der Waals surface area contributed by atoms with Gasteiger partial charge in [0, 0.05) is 23.8 Å². The van der Waals surface area contributed by atoms with Crippen molar-refractivity contribution in [1.82, 2.24) is 4.90 Å². The highest BCUT2D eigenvalue weighted by Gasteiger charge is 2.15. The van der Waals surface area contributed by atoms with Crippen LogP contribution < -0.4 is 0 Å². The zero-order valence-corrected chi connectivity index (χ0v) is 12.7. The molecule has 0 fully saturated rings. The maximum absolute atomic E-state index is 12.2. The topological polar surface area (TPSA) is 29.5 Å². The lowest BCUT2D eigenvalue weighted by molar-refractivity contribution is 0.0709. The van der Waals surface area contributed by atoms with Crippen molar-refractivity contribution in [2.45, 2.75) is 13.8 Å². The fraction of sp³-hybridized carbons (Fsp3) is 0.462. The van der Waals surface area contributed by atoms with Crippen molar-refractivity contribution >= 4 is 28.5 Å². The number of benzene rings is 1. The summed E-state index contributed by atoms with van der Waals surface area (Å²) in [6.07, 6.45) is 0. The number of rotatable bonds is 5. The molecule has 1 rings (SSSR count). The minimum absolute atomic E-state index is 0.0535. The van der Waals surface area contributed by atoms with Gasteiger partial charge >= 0.3 is 0 Å². The minimum Gasteiger partial charge on any atom is -0.380 e.